The van der Waals surface area contributed by atoms with Crippen LogP contribution in [0.2, 0.25) is 0 Å². The Morgan fingerprint density at radius 2 is 1.84 bits per heavy atom. The molecule has 2 fully saturated rings. The number of amides is 1. The molecule has 1 N–H and O–H groups in total. The molecule has 0 aromatic carbocycles. The van der Waals surface area contributed by atoms with Crippen LogP contribution in [0, 0.1) is 5.92 Å². The van der Waals surface area contributed by atoms with Gasteiger partial charge in [0.15, 0.2) is 0 Å². The number of halogens is 1. The summed E-state index contributed by atoms with van der Waals surface area (Å²) in [5.41, 5.74) is 2.25. The second-order valence-electron chi connectivity index (χ2n) is 9.02. The van der Waals surface area contributed by atoms with Crippen LogP contribution in [0.25, 0.3) is 0 Å². The van der Waals surface area contributed by atoms with Gasteiger partial charge in [0.1, 0.15) is 5.56 Å². The third kappa shape index (κ3) is 3.96. The fourth-order valence-corrected chi connectivity index (χ4v) is 5.36. The summed E-state index contributed by atoms with van der Waals surface area (Å²) in [4.78, 5) is 40.0. The van der Waals surface area contributed by atoms with Crippen LogP contribution >= 0.6 is 12.4 Å². The first-order valence-corrected chi connectivity index (χ1v) is 10.9. The number of aromatic nitrogens is 2. The maximum Gasteiger partial charge on any atom is 0.263 e. The van der Waals surface area contributed by atoms with Gasteiger partial charge in [-0.25, -0.2) is 0 Å². The molecule has 7 nitrogen and oxygen atoms in total. The van der Waals surface area contributed by atoms with Gasteiger partial charge in [-0.2, -0.15) is 0 Å². The summed E-state index contributed by atoms with van der Waals surface area (Å²) in [5.74, 6) is 0.948. The molecule has 2 aromatic rings. The molecule has 0 saturated carbocycles. The molecule has 5 rings (SSSR count). The Bertz CT molecular complexity index is 1100. The molecule has 0 spiro atoms. The van der Waals surface area contributed by atoms with E-state index in [-0.39, 0.29) is 35.4 Å². The number of pyridine rings is 2. The number of carbonyl (C=O) groups excluding carboxylic acids is 1. The summed E-state index contributed by atoms with van der Waals surface area (Å²) in [5, 5.41) is 3.45. The van der Waals surface area contributed by atoms with Crippen molar-refractivity contribution in [3.05, 3.63) is 68.0 Å². The number of hydrogen-bond acceptors (Lipinski definition) is 4. The number of nitrogens with one attached hydrogen (secondary N) is 1. The molecule has 0 aliphatic carbocycles. The summed E-state index contributed by atoms with van der Waals surface area (Å²) in [6.07, 6.45) is 4.53. The maximum atomic E-state index is 13.1. The van der Waals surface area contributed by atoms with Gasteiger partial charge in [0, 0.05) is 57.1 Å². The van der Waals surface area contributed by atoms with Gasteiger partial charge in [0.25, 0.3) is 17.0 Å². The van der Waals surface area contributed by atoms with Crippen molar-refractivity contribution >= 4 is 18.3 Å². The number of piperidine rings is 2. The van der Waals surface area contributed by atoms with Crippen molar-refractivity contribution in [1.29, 1.82) is 0 Å². The van der Waals surface area contributed by atoms with E-state index >= 15 is 0 Å². The first-order chi connectivity index (χ1) is 14.5. The molecule has 0 radical (unpaired) electrons. The summed E-state index contributed by atoms with van der Waals surface area (Å²) in [7, 11) is 1.74. The van der Waals surface area contributed by atoms with Gasteiger partial charge in [-0.3, -0.25) is 14.4 Å². The molecule has 3 aliphatic heterocycles. The van der Waals surface area contributed by atoms with Gasteiger partial charge in [-0.05, 0) is 61.4 Å². The molecular formula is C23H29ClN4O3. The maximum absolute atomic E-state index is 13.1. The van der Waals surface area contributed by atoms with Crippen molar-refractivity contribution in [2.24, 2.45) is 13.0 Å². The van der Waals surface area contributed by atoms with Gasteiger partial charge in [-0.15, -0.1) is 12.4 Å². The predicted octanol–water partition coefficient (Wildman–Crippen LogP) is 1.70. The van der Waals surface area contributed by atoms with Crippen molar-refractivity contribution in [1.82, 2.24) is 19.4 Å². The van der Waals surface area contributed by atoms with Crippen molar-refractivity contribution in [3.8, 4) is 0 Å². The Morgan fingerprint density at radius 3 is 2.58 bits per heavy atom. The summed E-state index contributed by atoms with van der Waals surface area (Å²) in [6.45, 7) is 3.75. The Labute approximate surface area is 187 Å². The molecule has 166 valence electrons. The van der Waals surface area contributed by atoms with Crippen molar-refractivity contribution in [2.75, 3.05) is 26.2 Å². The monoisotopic (exact) mass is 444 g/mol. The van der Waals surface area contributed by atoms with Crippen LogP contribution in [0.4, 0.5) is 0 Å². The third-order valence-electron chi connectivity index (χ3n) is 7.12. The highest BCUT2D eigenvalue weighted by atomic mass is 35.5. The number of likely N-dealkylation sites (tertiary alicyclic amines) is 1. The molecule has 2 saturated heterocycles. The molecule has 8 heteroatoms. The normalized spacial score (nSPS) is 23.1. The number of carbonyl (C=O) groups is 1. The fraction of sp³-hybridized carbons (Fsp3) is 0.522. The van der Waals surface area contributed by atoms with E-state index in [0.29, 0.717) is 37.0 Å². The second kappa shape index (κ2) is 8.63. The van der Waals surface area contributed by atoms with Crippen LogP contribution in [0.1, 0.15) is 52.7 Å². The van der Waals surface area contributed by atoms with E-state index in [0.717, 1.165) is 43.6 Å². The van der Waals surface area contributed by atoms with Gasteiger partial charge in [-0.1, -0.05) is 0 Å². The van der Waals surface area contributed by atoms with Crippen LogP contribution in [0.3, 0.4) is 0 Å². The number of fused-ring (bicyclic) bond motifs is 4. The minimum Gasteiger partial charge on any atom is -0.338 e. The second-order valence-corrected chi connectivity index (χ2v) is 9.02. The summed E-state index contributed by atoms with van der Waals surface area (Å²) >= 11 is 0. The number of rotatable bonds is 2. The molecule has 2 atom stereocenters. The first-order valence-electron chi connectivity index (χ1n) is 10.9. The quantitative estimate of drug-likeness (QED) is 0.764. The molecule has 3 aliphatic rings. The Balaban J connectivity index is 0.00000231. The van der Waals surface area contributed by atoms with E-state index in [2.05, 4.69) is 5.32 Å². The lowest BCUT2D eigenvalue weighted by atomic mass is 9.84. The molecule has 5 heterocycles. The third-order valence-corrected chi connectivity index (χ3v) is 7.12. The van der Waals surface area contributed by atoms with E-state index < -0.39 is 0 Å². The van der Waals surface area contributed by atoms with Crippen LogP contribution < -0.4 is 16.4 Å². The minimum atomic E-state index is -0.161. The van der Waals surface area contributed by atoms with Gasteiger partial charge < -0.3 is 19.4 Å². The van der Waals surface area contributed by atoms with Crippen LogP contribution in [-0.4, -0.2) is 46.1 Å². The molecule has 0 unspecified atom stereocenters. The van der Waals surface area contributed by atoms with Crippen LogP contribution in [-0.2, 0) is 13.6 Å². The summed E-state index contributed by atoms with van der Waals surface area (Å²) < 4.78 is 3.41. The first kappa shape index (κ1) is 21.8. The van der Waals surface area contributed by atoms with Gasteiger partial charge in [0.2, 0.25) is 0 Å². The lowest BCUT2D eigenvalue weighted by Gasteiger charge is -2.38. The Hall–Kier alpha value is -2.38. The Kier molecular flexibility index (Phi) is 6.08. The predicted molar refractivity (Wildman–Crippen MR) is 121 cm³/mol. The highest BCUT2D eigenvalue weighted by Crippen LogP contribution is 2.32. The van der Waals surface area contributed by atoms with Crippen molar-refractivity contribution in [2.45, 2.75) is 37.6 Å². The fourth-order valence-electron chi connectivity index (χ4n) is 5.36. The largest absolute Gasteiger partial charge is 0.338 e. The lowest BCUT2D eigenvalue weighted by Crippen LogP contribution is -2.47. The zero-order valence-electron chi connectivity index (χ0n) is 17.8. The minimum absolute atomic E-state index is 0. The molecule has 31 heavy (non-hydrogen) atoms. The lowest BCUT2D eigenvalue weighted by molar-refractivity contribution is 0.0709. The number of nitrogens with zero attached hydrogens (tertiary/aromatic N) is 3. The molecule has 1 amide bonds. The zero-order valence-corrected chi connectivity index (χ0v) is 18.6. The van der Waals surface area contributed by atoms with E-state index in [1.807, 2.05) is 16.7 Å². The SMILES string of the molecule is Cl.Cn1ccc(C2CCN(C(=O)c3ccc4n(c3=O)C[C@@H]3CNC[C@H]4C3)CC2)cc1=O. The number of aryl methyl sites for hydroxylation is 1. The van der Waals surface area contributed by atoms with Gasteiger partial charge >= 0.3 is 0 Å². The molecule has 2 bridgehead atoms. The van der Waals surface area contributed by atoms with E-state index in [1.54, 1.807) is 34.8 Å². The van der Waals surface area contributed by atoms with Crippen LogP contribution in [0.5, 0.6) is 0 Å². The topological polar surface area (TPSA) is 76.3 Å². The smallest absolute Gasteiger partial charge is 0.263 e. The highest BCUT2D eigenvalue weighted by Gasteiger charge is 2.33. The average molecular weight is 445 g/mol. The summed E-state index contributed by atoms with van der Waals surface area (Å²) in [6, 6.07) is 7.41. The standard InChI is InChI=1S/C23H28N4O3.ClH/c1-25-7-4-17(11-21(25)28)16-5-8-26(9-6-16)22(29)19-2-3-20-18-10-15(12-24-13-18)14-27(20)23(19)30;/h2-4,7,11,15-16,18,24H,5-6,8-10,12-14H2,1H3;1H/t15-,18+;/m0./s1. The number of hydrogen-bond donors (Lipinski definition) is 1. The Morgan fingerprint density at radius 1 is 1.06 bits per heavy atom. The molecular weight excluding hydrogens is 416 g/mol. The molecule has 2 aromatic heterocycles. The van der Waals surface area contributed by atoms with Crippen LogP contribution in [0.15, 0.2) is 40.1 Å². The zero-order chi connectivity index (χ0) is 20.8. The van der Waals surface area contributed by atoms with E-state index in [1.165, 1.54) is 0 Å². The van der Waals surface area contributed by atoms with Crippen molar-refractivity contribution < 1.29 is 4.79 Å². The van der Waals surface area contributed by atoms with Gasteiger partial charge in [0.05, 0.1) is 0 Å². The highest BCUT2D eigenvalue weighted by molar-refractivity contribution is 5.94. The van der Waals surface area contributed by atoms with E-state index in [4.69, 9.17) is 0 Å². The van der Waals surface area contributed by atoms with Crippen molar-refractivity contribution in [3.63, 3.8) is 0 Å². The van der Waals surface area contributed by atoms with E-state index in [9.17, 15) is 14.4 Å². The average Bonchev–Trinajstić information content (AvgIpc) is 2.76.